The lowest BCUT2D eigenvalue weighted by molar-refractivity contribution is -0.116. The summed E-state index contributed by atoms with van der Waals surface area (Å²) in [6, 6.07) is 7.44. The molecule has 0 bridgehead atoms. The van der Waals surface area contributed by atoms with Crippen molar-refractivity contribution in [2.24, 2.45) is 0 Å². The van der Waals surface area contributed by atoms with E-state index in [9.17, 15) is 9.59 Å². The normalized spacial score (nSPS) is 16.4. The summed E-state index contributed by atoms with van der Waals surface area (Å²) in [6.07, 6.45) is 1.17. The van der Waals surface area contributed by atoms with Crippen molar-refractivity contribution in [3.8, 4) is 5.75 Å². The molecular formula is C17H19N3O3S. The second-order valence-corrected chi connectivity index (χ2v) is 6.61. The molecule has 1 amide bonds. The van der Waals surface area contributed by atoms with Gasteiger partial charge in [0.15, 0.2) is 5.16 Å². The number of para-hydroxylation sites is 1. The first-order valence-electron chi connectivity index (χ1n) is 7.83. The molecule has 2 heterocycles. The molecule has 3 rings (SSSR count). The zero-order valence-electron chi connectivity index (χ0n) is 13.6. The molecule has 1 unspecified atom stereocenters. The smallest absolute Gasteiger partial charge is 0.257 e. The van der Waals surface area contributed by atoms with Gasteiger partial charge in [0, 0.05) is 23.7 Å². The van der Waals surface area contributed by atoms with E-state index in [-0.39, 0.29) is 23.8 Å². The molecule has 0 spiro atoms. The Morgan fingerprint density at radius 3 is 2.88 bits per heavy atom. The van der Waals surface area contributed by atoms with Gasteiger partial charge in [-0.15, -0.1) is 0 Å². The van der Waals surface area contributed by atoms with Crippen LogP contribution in [0.2, 0.25) is 0 Å². The van der Waals surface area contributed by atoms with E-state index in [1.54, 1.807) is 7.11 Å². The molecule has 24 heavy (non-hydrogen) atoms. The van der Waals surface area contributed by atoms with E-state index in [0.717, 1.165) is 17.7 Å². The third-order valence-electron chi connectivity index (χ3n) is 3.89. The molecule has 0 radical (unpaired) electrons. The number of nitrogens with zero attached hydrogens (tertiary/aromatic N) is 1. The number of H-pyrrole nitrogens is 1. The summed E-state index contributed by atoms with van der Waals surface area (Å²) in [5.41, 5.74) is 1.09. The van der Waals surface area contributed by atoms with E-state index in [0.29, 0.717) is 22.3 Å². The number of aromatic amines is 1. The average Bonchev–Trinajstić information content (AvgIpc) is 2.58. The molecule has 6 nitrogen and oxygen atoms in total. The Bertz CT molecular complexity index is 819. The maximum absolute atomic E-state index is 12.6. The molecule has 1 aliphatic rings. The topological polar surface area (TPSA) is 84.1 Å². The number of carbonyl (C=O) groups is 1. The van der Waals surface area contributed by atoms with Crippen molar-refractivity contribution >= 4 is 23.5 Å². The Labute approximate surface area is 144 Å². The largest absolute Gasteiger partial charge is 0.496 e. The average molecular weight is 345 g/mol. The summed E-state index contributed by atoms with van der Waals surface area (Å²) in [6.45, 7) is 2.06. The molecule has 0 saturated carbocycles. The fraction of sp³-hybridized carbons (Fsp3) is 0.353. The number of ether oxygens (including phenoxy) is 1. The molecule has 1 aromatic carbocycles. The monoisotopic (exact) mass is 345 g/mol. The lowest BCUT2D eigenvalue weighted by Gasteiger charge is -2.25. The number of anilines is 1. The fourth-order valence-corrected chi connectivity index (χ4v) is 3.56. The van der Waals surface area contributed by atoms with Gasteiger partial charge in [-0.25, -0.2) is 4.98 Å². The quantitative estimate of drug-likeness (QED) is 0.643. The van der Waals surface area contributed by atoms with Crippen LogP contribution in [0.25, 0.3) is 0 Å². The van der Waals surface area contributed by atoms with Crippen LogP contribution in [0, 0.1) is 0 Å². The van der Waals surface area contributed by atoms with Crippen LogP contribution < -0.4 is 15.6 Å². The molecule has 1 aliphatic heterocycles. The number of nitrogens with one attached hydrogen (secondary N) is 2. The number of fused-ring (bicyclic) bond motifs is 1. The van der Waals surface area contributed by atoms with Crippen molar-refractivity contribution < 1.29 is 9.53 Å². The van der Waals surface area contributed by atoms with Crippen molar-refractivity contribution in [2.75, 3.05) is 18.2 Å². The molecule has 1 atom stereocenters. The zero-order valence-corrected chi connectivity index (χ0v) is 14.4. The summed E-state index contributed by atoms with van der Waals surface area (Å²) in [5.74, 6) is 1.34. The Balaban J connectivity index is 2.10. The van der Waals surface area contributed by atoms with Crippen LogP contribution in [0.15, 0.2) is 34.2 Å². The second kappa shape index (κ2) is 7.09. The summed E-state index contributed by atoms with van der Waals surface area (Å²) in [7, 11) is 1.58. The molecular weight excluding hydrogens is 326 g/mol. The van der Waals surface area contributed by atoms with E-state index >= 15 is 0 Å². The van der Waals surface area contributed by atoms with Crippen molar-refractivity contribution in [1.29, 1.82) is 0 Å². The van der Waals surface area contributed by atoms with Crippen molar-refractivity contribution in [3.05, 3.63) is 45.7 Å². The van der Waals surface area contributed by atoms with Gasteiger partial charge in [0.25, 0.3) is 5.56 Å². The van der Waals surface area contributed by atoms with Crippen LogP contribution in [-0.4, -0.2) is 28.7 Å². The number of benzene rings is 1. The highest BCUT2D eigenvalue weighted by Gasteiger charge is 2.32. The highest BCUT2D eigenvalue weighted by Crippen LogP contribution is 2.38. The number of aromatic nitrogens is 2. The van der Waals surface area contributed by atoms with E-state index in [1.165, 1.54) is 11.8 Å². The van der Waals surface area contributed by atoms with Crippen LogP contribution in [0.4, 0.5) is 5.82 Å². The third-order valence-corrected chi connectivity index (χ3v) is 4.97. The van der Waals surface area contributed by atoms with Crippen LogP contribution in [0.3, 0.4) is 0 Å². The summed E-state index contributed by atoms with van der Waals surface area (Å²) in [5, 5.41) is 3.26. The number of hydrogen-bond acceptors (Lipinski definition) is 5. The van der Waals surface area contributed by atoms with Crippen molar-refractivity contribution in [3.63, 3.8) is 0 Å². The minimum Gasteiger partial charge on any atom is -0.496 e. The van der Waals surface area contributed by atoms with Crippen molar-refractivity contribution in [2.45, 2.75) is 30.8 Å². The minimum absolute atomic E-state index is 0.150. The van der Waals surface area contributed by atoms with Gasteiger partial charge in [0.2, 0.25) is 5.91 Å². The molecule has 0 saturated heterocycles. The minimum atomic E-state index is -0.369. The molecule has 0 aliphatic carbocycles. The van der Waals surface area contributed by atoms with Gasteiger partial charge in [0.05, 0.1) is 12.7 Å². The molecule has 2 aromatic rings. The number of rotatable bonds is 5. The lowest BCUT2D eigenvalue weighted by atomic mass is 9.86. The summed E-state index contributed by atoms with van der Waals surface area (Å²) in [4.78, 5) is 32.0. The Morgan fingerprint density at radius 2 is 2.12 bits per heavy atom. The van der Waals surface area contributed by atoms with Crippen LogP contribution in [0.5, 0.6) is 5.75 Å². The SMILES string of the molecule is CCCSc1nc2c(c(=O)[nH]1)C(c1ccccc1OC)CC(=O)N2. The Morgan fingerprint density at radius 1 is 1.33 bits per heavy atom. The van der Waals surface area contributed by atoms with Crippen molar-refractivity contribution in [1.82, 2.24) is 9.97 Å². The van der Waals surface area contributed by atoms with Gasteiger partial charge < -0.3 is 15.0 Å². The van der Waals surface area contributed by atoms with Gasteiger partial charge >= 0.3 is 0 Å². The third kappa shape index (κ3) is 3.17. The maximum Gasteiger partial charge on any atom is 0.257 e. The van der Waals surface area contributed by atoms with Crippen LogP contribution >= 0.6 is 11.8 Å². The second-order valence-electron chi connectivity index (χ2n) is 5.53. The number of thioether (sulfide) groups is 1. The number of methoxy groups -OCH3 is 1. The fourth-order valence-electron chi connectivity index (χ4n) is 2.84. The van der Waals surface area contributed by atoms with Gasteiger partial charge in [-0.2, -0.15) is 0 Å². The lowest BCUT2D eigenvalue weighted by Crippen LogP contribution is -2.31. The van der Waals surface area contributed by atoms with E-state index in [4.69, 9.17) is 4.74 Å². The highest BCUT2D eigenvalue weighted by molar-refractivity contribution is 7.99. The highest BCUT2D eigenvalue weighted by atomic mass is 32.2. The Kier molecular flexibility index (Phi) is 4.89. The van der Waals surface area contributed by atoms with Crippen LogP contribution in [-0.2, 0) is 4.79 Å². The number of carbonyl (C=O) groups excluding carboxylic acids is 1. The van der Waals surface area contributed by atoms with Gasteiger partial charge in [-0.1, -0.05) is 36.9 Å². The van der Waals surface area contributed by atoms with Gasteiger partial charge in [0.1, 0.15) is 11.6 Å². The summed E-state index contributed by atoms with van der Waals surface area (Å²) >= 11 is 1.47. The first-order valence-corrected chi connectivity index (χ1v) is 8.82. The molecule has 1 aromatic heterocycles. The molecule has 2 N–H and O–H groups in total. The first kappa shape index (κ1) is 16.6. The van der Waals surface area contributed by atoms with Gasteiger partial charge in [-0.3, -0.25) is 9.59 Å². The van der Waals surface area contributed by atoms with E-state index < -0.39 is 0 Å². The molecule has 7 heteroatoms. The summed E-state index contributed by atoms with van der Waals surface area (Å²) < 4.78 is 5.40. The molecule has 126 valence electrons. The van der Waals surface area contributed by atoms with E-state index in [2.05, 4.69) is 22.2 Å². The first-order chi connectivity index (χ1) is 11.6. The predicted molar refractivity (Wildman–Crippen MR) is 94.0 cm³/mol. The maximum atomic E-state index is 12.6. The number of hydrogen-bond donors (Lipinski definition) is 2. The standard InChI is InChI=1S/C17H19N3O3S/c1-3-8-24-17-19-15-14(16(22)20-17)11(9-13(21)18-15)10-6-4-5-7-12(10)23-2/h4-7,11H,3,8-9H2,1-2H3,(H2,18,19,20,21,22). The Hall–Kier alpha value is -2.28. The molecule has 0 fully saturated rings. The predicted octanol–water partition coefficient (Wildman–Crippen LogP) is 2.75. The van der Waals surface area contributed by atoms with Gasteiger partial charge in [-0.05, 0) is 12.5 Å². The number of amides is 1. The zero-order chi connectivity index (χ0) is 17.1. The van der Waals surface area contributed by atoms with Crippen LogP contribution in [0.1, 0.15) is 36.8 Å². The van der Waals surface area contributed by atoms with E-state index in [1.807, 2.05) is 24.3 Å².